The first-order valence-electron chi connectivity index (χ1n) is 7.36. The minimum Gasteiger partial charge on any atom is -0.457 e. The lowest BCUT2D eigenvalue weighted by Crippen LogP contribution is -2.37. The van der Waals surface area contributed by atoms with E-state index < -0.39 is 17.0 Å². The molecule has 0 bridgehead atoms. The SMILES string of the molecule is CCC(N)C(=O)CNS(=O)c1ccc(Oc2ccccc2)cc1. The molecule has 0 radical (unpaired) electrons. The predicted octanol–water partition coefficient (Wildman–Crippen LogP) is 2.40. The van der Waals surface area contributed by atoms with Gasteiger partial charge >= 0.3 is 0 Å². The number of benzene rings is 2. The molecule has 2 aromatic rings. The Morgan fingerprint density at radius 1 is 1.13 bits per heavy atom. The lowest BCUT2D eigenvalue weighted by molar-refractivity contribution is -0.119. The fourth-order valence-electron chi connectivity index (χ4n) is 1.83. The number of rotatable bonds is 8. The van der Waals surface area contributed by atoms with Gasteiger partial charge in [-0.15, -0.1) is 0 Å². The molecule has 122 valence electrons. The summed E-state index contributed by atoms with van der Waals surface area (Å²) < 4.78 is 20.4. The summed E-state index contributed by atoms with van der Waals surface area (Å²) >= 11 is 0. The number of nitrogens with one attached hydrogen (secondary N) is 1. The molecule has 0 saturated carbocycles. The highest BCUT2D eigenvalue weighted by molar-refractivity contribution is 7.83. The Morgan fingerprint density at radius 3 is 2.35 bits per heavy atom. The molecule has 0 aliphatic heterocycles. The topological polar surface area (TPSA) is 81.4 Å². The summed E-state index contributed by atoms with van der Waals surface area (Å²) in [5, 5.41) is 0. The van der Waals surface area contributed by atoms with E-state index in [4.69, 9.17) is 10.5 Å². The second kappa shape index (κ2) is 8.57. The van der Waals surface area contributed by atoms with E-state index in [0.29, 0.717) is 17.1 Å². The van der Waals surface area contributed by atoms with Crippen LogP contribution in [0.1, 0.15) is 13.3 Å². The van der Waals surface area contributed by atoms with Gasteiger partial charge in [0.15, 0.2) is 5.78 Å². The van der Waals surface area contributed by atoms with Gasteiger partial charge in [-0.25, -0.2) is 8.93 Å². The normalized spacial score (nSPS) is 13.3. The third-order valence-corrected chi connectivity index (χ3v) is 4.35. The van der Waals surface area contributed by atoms with Crippen LogP contribution in [-0.2, 0) is 15.8 Å². The molecule has 0 aliphatic carbocycles. The highest BCUT2D eigenvalue weighted by atomic mass is 32.2. The molecule has 2 atom stereocenters. The van der Waals surface area contributed by atoms with Gasteiger partial charge in [-0.3, -0.25) is 4.79 Å². The molecule has 6 heteroatoms. The van der Waals surface area contributed by atoms with Crippen LogP contribution in [0.4, 0.5) is 0 Å². The Kier molecular flexibility index (Phi) is 6.46. The van der Waals surface area contributed by atoms with Gasteiger partial charge in [-0.2, -0.15) is 0 Å². The van der Waals surface area contributed by atoms with Crippen molar-refractivity contribution in [1.29, 1.82) is 0 Å². The fraction of sp³-hybridized carbons (Fsp3) is 0.235. The molecule has 2 aromatic carbocycles. The Bertz CT molecular complexity index is 659. The maximum absolute atomic E-state index is 12.1. The molecule has 5 nitrogen and oxygen atoms in total. The number of hydrogen-bond acceptors (Lipinski definition) is 4. The largest absolute Gasteiger partial charge is 0.457 e. The van der Waals surface area contributed by atoms with E-state index in [0.717, 1.165) is 5.75 Å². The highest BCUT2D eigenvalue weighted by Crippen LogP contribution is 2.21. The Balaban J connectivity index is 1.91. The monoisotopic (exact) mass is 332 g/mol. The van der Waals surface area contributed by atoms with Crippen LogP contribution in [0.2, 0.25) is 0 Å². The standard InChI is InChI=1S/C17H20N2O3S/c1-2-16(18)17(20)12-19-23(21)15-10-8-14(9-11-15)22-13-6-4-3-5-7-13/h3-11,16,19H,2,12,18H2,1H3. The van der Waals surface area contributed by atoms with Crippen molar-refractivity contribution < 1.29 is 13.7 Å². The first-order chi connectivity index (χ1) is 11.1. The van der Waals surface area contributed by atoms with Gasteiger partial charge in [-0.05, 0) is 42.8 Å². The van der Waals surface area contributed by atoms with Crippen LogP contribution >= 0.6 is 0 Å². The average Bonchev–Trinajstić information content (AvgIpc) is 2.60. The molecule has 0 aliphatic rings. The molecule has 3 N–H and O–H groups in total. The fourth-order valence-corrected chi connectivity index (χ4v) is 2.66. The molecule has 0 saturated heterocycles. The van der Waals surface area contributed by atoms with Crippen LogP contribution in [-0.4, -0.2) is 22.6 Å². The number of carbonyl (C=O) groups excluding carboxylic acids is 1. The zero-order chi connectivity index (χ0) is 16.7. The highest BCUT2D eigenvalue weighted by Gasteiger charge is 2.12. The van der Waals surface area contributed by atoms with Gasteiger partial charge < -0.3 is 10.5 Å². The molecular formula is C17H20N2O3S. The molecule has 0 amide bonds. The predicted molar refractivity (Wildman–Crippen MR) is 90.6 cm³/mol. The number of nitrogens with two attached hydrogens (primary N) is 1. The van der Waals surface area contributed by atoms with Gasteiger partial charge in [0.25, 0.3) is 0 Å². The molecule has 2 unspecified atom stereocenters. The second-order valence-electron chi connectivity index (χ2n) is 4.96. The van der Waals surface area contributed by atoms with Crippen molar-refractivity contribution in [1.82, 2.24) is 4.72 Å². The third-order valence-electron chi connectivity index (χ3n) is 3.25. The minimum absolute atomic E-state index is 0.0100. The summed E-state index contributed by atoms with van der Waals surface area (Å²) in [6.45, 7) is 1.83. The Hall–Kier alpha value is -2.02. The van der Waals surface area contributed by atoms with Gasteiger partial charge in [-0.1, -0.05) is 25.1 Å². The molecule has 0 spiro atoms. The molecule has 2 rings (SSSR count). The molecule has 23 heavy (non-hydrogen) atoms. The summed E-state index contributed by atoms with van der Waals surface area (Å²) in [4.78, 5) is 12.2. The second-order valence-corrected chi connectivity index (χ2v) is 6.25. The number of ketones is 1. The zero-order valence-corrected chi connectivity index (χ0v) is 13.7. The van der Waals surface area contributed by atoms with E-state index in [-0.39, 0.29) is 12.3 Å². The summed E-state index contributed by atoms with van der Waals surface area (Å²) in [7, 11) is -1.46. The van der Waals surface area contributed by atoms with Gasteiger partial charge in [0.05, 0.1) is 17.5 Å². The molecule has 0 fully saturated rings. The third kappa shape index (κ3) is 5.28. The van der Waals surface area contributed by atoms with Gasteiger partial charge in [0.1, 0.15) is 22.5 Å². The van der Waals surface area contributed by atoms with E-state index in [9.17, 15) is 9.00 Å². The minimum atomic E-state index is -1.46. The average molecular weight is 332 g/mol. The number of ether oxygens (including phenoxy) is 1. The van der Waals surface area contributed by atoms with E-state index in [1.54, 1.807) is 24.3 Å². The van der Waals surface area contributed by atoms with Crippen molar-refractivity contribution in [3.8, 4) is 11.5 Å². The van der Waals surface area contributed by atoms with E-state index in [1.807, 2.05) is 37.3 Å². The van der Waals surface area contributed by atoms with Crippen LogP contribution in [0.3, 0.4) is 0 Å². The smallest absolute Gasteiger partial charge is 0.164 e. The van der Waals surface area contributed by atoms with Crippen molar-refractivity contribution in [3.05, 3.63) is 54.6 Å². The first kappa shape index (κ1) is 17.3. The number of hydrogen-bond donors (Lipinski definition) is 2. The van der Waals surface area contributed by atoms with Crippen LogP contribution in [0.25, 0.3) is 0 Å². The van der Waals surface area contributed by atoms with Crippen molar-refractivity contribution in [2.45, 2.75) is 24.3 Å². The van der Waals surface area contributed by atoms with Gasteiger partial charge in [0, 0.05) is 0 Å². The zero-order valence-electron chi connectivity index (χ0n) is 12.9. The summed E-state index contributed by atoms with van der Waals surface area (Å²) in [5.74, 6) is 1.24. The Morgan fingerprint density at radius 2 is 1.74 bits per heavy atom. The first-order valence-corrected chi connectivity index (χ1v) is 8.51. The number of carbonyl (C=O) groups is 1. The number of Topliss-reactive ketones (excluding diaryl/α,β-unsaturated/α-hetero) is 1. The van der Waals surface area contributed by atoms with E-state index in [1.165, 1.54) is 0 Å². The maximum Gasteiger partial charge on any atom is 0.164 e. The van der Waals surface area contributed by atoms with Crippen LogP contribution in [0.15, 0.2) is 59.5 Å². The van der Waals surface area contributed by atoms with E-state index >= 15 is 0 Å². The van der Waals surface area contributed by atoms with Crippen LogP contribution in [0, 0.1) is 0 Å². The Labute approximate surface area is 138 Å². The van der Waals surface area contributed by atoms with Crippen molar-refractivity contribution in [2.24, 2.45) is 5.73 Å². The quantitative estimate of drug-likeness (QED) is 0.778. The molecule has 0 aromatic heterocycles. The van der Waals surface area contributed by atoms with Crippen molar-refractivity contribution >= 4 is 16.8 Å². The van der Waals surface area contributed by atoms with Crippen molar-refractivity contribution in [2.75, 3.05) is 6.54 Å². The van der Waals surface area contributed by atoms with E-state index in [2.05, 4.69) is 4.72 Å². The summed E-state index contributed by atoms with van der Waals surface area (Å²) in [6.07, 6.45) is 0.568. The molecule has 0 heterocycles. The van der Waals surface area contributed by atoms with Crippen LogP contribution in [0.5, 0.6) is 11.5 Å². The maximum atomic E-state index is 12.1. The van der Waals surface area contributed by atoms with Crippen LogP contribution < -0.4 is 15.2 Å². The van der Waals surface area contributed by atoms with Gasteiger partial charge in [0.2, 0.25) is 0 Å². The lowest BCUT2D eigenvalue weighted by Gasteiger charge is -2.09. The molecular weight excluding hydrogens is 312 g/mol. The number of para-hydroxylation sites is 1. The summed E-state index contributed by atoms with van der Waals surface area (Å²) in [6, 6.07) is 15.8. The lowest BCUT2D eigenvalue weighted by atomic mass is 10.1. The van der Waals surface area contributed by atoms with Crippen molar-refractivity contribution in [3.63, 3.8) is 0 Å². The summed E-state index contributed by atoms with van der Waals surface area (Å²) in [5.41, 5.74) is 5.63.